The van der Waals surface area contributed by atoms with Crippen molar-refractivity contribution in [3.8, 4) is 5.75 Å². The van der Waals surface area contributed by atoms with E-state index < -0.39 is 25.1 Å². The topological polar surface area (TPSA) is 103 Å². The number of piperidine rings is 1. The normalized spacial score (nSPS) is 25.0. The van der Waals surface area contributed by atoms with E-state index in [0.29, 0.717) is 30.6 Å². The number of aromatic nitrogens is 1. The van der Waals surface area contributed by atoms with Crippen LogP contribution in [0.5, 0.6) is 5.75 Å². The molecule has 260 valence electrons. The van der Waals surface area contributed by atoms with Crippen molar-refractivity contribution < 1.29 is 24.4 Å². The number of pyridine rings is 1. The van der Waals surface area contributed by atoms with E-state index in [4.69, 9.17) is 16.3 Å². The van der Waals surface area contributed by atoms with Crippen LogP contribution in [0.2, 0.25) is 11.3 Å². The zero-order valence-electron chi connectivity index (χ0n) is 28.7. The van der Waals surface area contributed by atoms with Gasteiger partial charge in [-0.05, 0) is 109 Å². The summed E-state index contributed by atoms with van der Waals surface area (Å²) < 4.78 is 6.30. The average molecular weight is 694 g/mol. The minimum atomic E-state index is -1.03. The van der Waals surface area contributed by atoms with E-state index in [1.54, 1.807) is 23.2 Å². The lowest BCUT2D eigenvalue weighted by Gasteiger charge is -2.44. The number of benzene rings is 2. The fraction of sp³-hybridized carbons (Fsp3) is 0.425. The van der Waals surface area contributed by atoms with Gasteiger partial charge in [0, 0.05) is 31.9 Å². The second-order valence-corrected chi connectivity index (χ2v) is 15.0. The van der Waals surface area contributed by atoms with Gasteiger partial charge < -0.3 is 14.8 Å². The van der Waals surface area contributed by atoms with E-state index in [-0.39, 0.29) is 35.4 Å². The number of hydrogen-bond donors (Lipinski definition) is 2. The highest BCUT2D eigenvalue weighted by Gasteiger charge is 2.58. The van der Waals surface area contributed by atoms with Crippen molar-refractivity contribution in [2.75, 3.05) is 13.1 Å². The number of carbonyl (C=O) groups is 2. The molecule has 2 amide bonds. The number of rotatable bonds is 9. The molecule has 1 aliphatic carbocycles. The number of fused-ring (bicyclic) bond motifs is 3. The van der Waals surface area contributed by atoms with Gasteiger partial charge in [-0.3, -0.25) is 24.4 Å². The van der Waals surface area contributed by atoms with Crippen molar-refractivity contribution >= 4 is 42.2 Å². The maximum atomic E-state index is 14.4. The van der Waals surface area contributed by atoms with Gasteiger partial charge in [0.25, 0.3) is 0 Å². The second kappa shape index (κ2) is 14.8. The lowest BCUT2D eigenvalue weighted by Crippen LogP contribution is -2.48. The summed E-state index contributed by atoms with van der Waals surface area (Å²) in [5.41, 5.74) is 6.04. The zero-order chi connectivity index (χ0) is 34.9. The van der Waals surface area contributed by atoms with Crippen LogP contribution in [-0.4, -0.2) is 69.1 Å². The van der Waals surface area contributed by atoms with Crippen LogP contribution < -0.4 is 0 Å². The van der Waals surface area contributed by atoms with Crippen molar-refractivity contribution in [2.45, 2.75) is 71.0 Å². The number of amides is 2. The van der Waals surface area contributed by atoms with Gasteiger partial charge in [0.05, 0.1) is 28.7 Å². The van der Waals surface area contributed by atoms with Gasteiger partial charge in [0.15, 0.2) is 0 Å². The van der Waals surface area contributed by atoms with Crippen molar-refractivity contribution in [1.29, 1.82) is 0 Å². The highest BCUT2D eigenvalue weighted by atomic mass is 35.5. The quantitative estimate of drug-likeness (QED) is 0.143. The third-order valence-corrected chi connectivity index (χ3v) is 11.5. The van der Waals surface area contributed by atoms with Crippen LogP contribution in [0.3, 0.4) is 0 Å². The Morgan fingerprint density at radius 2 is 1.80 bits per heavy atom. The zero-order valence-corrected chi connectivity index (χ0v) is 29.5. The Labute approximate surface area is 299 Å². The van der Waals surface area contributed by atoms with E-state index in [1.807, 2.05) is 30.3 Å². The maximum absolute atomic E-state index is 14.4. The summed E-state index contributed by atoms with van der Waals surface area (Å²) in [6.07, 6.45) is 6.84. The Hall–Kier alpha value is -3.76. The molecule has 10 heteroatoms. The molecular weight excluding hydrogens is 649 g/mol. The third-order valence-electron chi connectivity index (χ3n) is 11.1. The van der Waals surface area contributed by atoms with E-state index in [9.17, 15) is 19.7 Å². The Morgan fingerprint density at radius 3 is 2.50 bits per heavy atom. The summed E-state index contributed by atoms with van der Waals surface area (Å²) in [4.78, 5) is 37.2. The second-order valence-electron chi connectivity index (χ2n) is 14.6. The number of aromatic hydroxyl groups is 1. The first kappa shape index (κ1) is 34.7. The van der Waals surface area contributed by atoms with Crippen LogP contribution in [-0.2, 0) is 20.8 Å². The molecule has 7 rings (SSSR count). The first-order valence-corrected chi connectivity index (χ1v) is 18.4. The average Bonchev–Trinajstić information content (AvgIpc) is 3.37. The predicted molar refractivity (Wildman–Crippen MR) is 196 cm³/mol. The molecule has 0 unspecified atom stereocenters. The number of likely N-dealkylation sites (tertiary alicyclic amines) is 2. The monoisotopic (exact) mass is 693 g/mol. The van der Waals surface area contributed by atoms with Crippen LogP contribution in [0.25, 0.3) is 11.6 Å². The number of phenolic OH excluding ortho intramolecular Hbond substituents is 1. The van der Waals surface area contributed by atoms with Gasteiger partial charge in [-0.1, -0.05) is 67.4 Å². The van der Waals surface area contributed by atoms with Crippen LogP contribution in [0, 0.1) is 23.7 Å². The number of imide groups is 1. The Kier molecular flexibility index (Phi) is 10.3. The minimum absolute atomic E-state index is 0.0395. The number of allylic oxidation sites excluding steroid dienone is 2. The fourth-order valence-corrected chi connectivity index (χ4v) is 8.97. The van der Waals surface area contributed by atoms with Gasteiger partial charge in [-0.15, -0.1) is 0 Å². The van der Waals surface area contributed by atoms with Crippen LogP contribution >= 0.6 is 11.6 Å². The summed E-state index contributed by atoms with van der Waals surface area (Å²) in [5.74, 6) is -0.994. The van der Waals surface area contributed by atoms with E-state index in [0.717, 1.165) is 54.9 Å². The molecule has 0 saturated carbocycles. The molecule has 0 spiro atoms. The molecule has 2 N–H and O–H groups in total. The lowest BCUT2D eigenvalue weighted by molar-refractivity contribution is -0.144. The van der Waals surface area contributed by atoms with Crippen molar-refractivity contribution in [2.24, 2.45) is 23.7 Å². The number of hydrogen-bond acceptors (Lipinski definition) is 7. The maximum Gasteiger partial charge on any atom is 0.455 e. The molecule has 3 aliphatic heterocycles. The van der Waals surface area contributed by atoms with E-state index in [1.165, 1.54) is 17.2 Å². The van der Waals surface area contributed by atoms with Crippen molar-refractivity contribution in [3.63, 3.8) is 0 Å². The largest absolute Gasteiger partial charge is 0.508 e. The molecule has 3 saturated heterocycles. The van der Waals surface area contributed by atoms with Gasteiger partial charge in [0.2, 0.25) is 11.8 Å². The molecule has 2 aromatic carbocycles. The van der Waals surface area contributed by atoms with Crippen LogP contribution in [0.1, 0.15) is 62.8 Å². The molecular formula is C40H45BClN3O5. The van der Waals surface area contributed by atoms with Gasteiger partial charge in [-0.25, -0.2) is 0 Å². The third kappa shape index (κ3) is 7.06. The lowest BCUT2D eigenvalue weighted by atomic mass is 9.57. The summed E-state index contributed by atoms with van der Waals surface area (Å²) >= 11 is 6.50. The first-order chi connectivity index (χ1) is 24.2. The molecule has 0 radical (unpaired) electrons. The molecule has 4 heterocycles. The predicted octanol–water partition coefficient (Wildman–Crippen LogP) is 6.88. The molecule has 8 nitrogen and oxygen atoms in total. The summed E-state index contributed by atoms with van der Waals surface area (Å²) in [6.45, 7) is 6.84. The molecule has 4 aliphatic rings. The van der Waals surface area contributed by atoms with E-state index in [2.05, 4.69) is 48.0 Å². The van der Waals surface area contributed by atoms with Gasteiger partial charge in [-0.2, -0.15) is 0 Å². The van der Waals surface area contributed by atoms with E-state index >= 15 is 0 Å². The van der Waals surface area contributed by atoms with Crippen LogP contribution in [0.15, 0.2) is 84.1 Å². The Morgan fingerprint density at radius 1 is 1.04 bits per heavy atom. The Bertz CT molecular complexity index is 1780. The van der Waals surface area contributed by atoms with Crippen molar-refractivity contribution in [1.82, 2.24) is 14.8 Å². The number of phenols is 1. The number of halogens is 1. The standard InChI is InChI=1S/C40H45BClN3O5/c1-25(2)31-22-32-38(40(48)45(39(32)47)29-15-18-44(19-16-29)24-26-8-4-3-5-9-26)33-23-41(49)50-36(37(31)33)14-12-28(35-10-6-7-17-43-35)20-27-11-13-30(46)21-34(27)42/h3-11,13,17,20-21,25,29,32-33,36,38,46,49H,12,14-16,18-19,22-24H2,1-2H3/b28-20-/t32-,33+,36-,38-/m1/s1. The highest BCUT2D eigenvalue weighted by Crippen LogP contribution is 2.52. The van der Waals surface area contributed by atoms with Gasteiger partial charge in [0.1, 0.15) is 5.75 Å². The van der Waals surface area contributed by atoms with Gasteiger partial charge >= 0.3 is 7.12 Å². The molecule has 50 heavy (non-hydrogen) atoms. The van der Waals surface area contributed by atoms with Crippen molar-refractivity contribution in [3.05, 3.63) is 106 Å². The molecule has 1 aromatic heterocycles. The Balaban J connectivity index is 1.12. The SMILES string of the molecule is CC(C)C1=C2[C@@H](CC/C(=C/c3ccc(O)cc3Cl)c3ccccn3)OB(O)C[C@@H]2[C@@H]2C(=O)N(C3CCN(Cc4ccccc4)CC3)C(=O)[C@@H]2C1. The molecule has 3 fully saturated rings. The number of nitrogens with zero attached hydrogens (tertiary/aromatic N) is 3. The van der Waals surface area contributed by atoms with Crippen LogP contribution in [0.4, 0.5) is 0 Å². The smallest absolute Gasteiger partial charge is 0.455 e. The fourth-order valence-electron chi connectivity index (χ4n) is 8.75. The molecule has 4 atom stereocenters. The summed E-state index contributed by atoms with van der Waals surface area (Å²) in [5, 5.41) is 21.5. The molecule has 0 bridgehead atoms. The summed E-state index contributed by atoms with van der Waals surface area (Å²) in [7, 11) is -1.03. The minimum Gasteiger partial charge on any atom is -0.508 e. The summed E-state index contributed by atoms with van der Waals surface area (Å²) in [6, 6.07) is 21.0. The molecule has 3 aromatic rings. The first-order valence-electron chi connectivity index (χ1n) is 18.0. The highest BCUT2D eigenvalue weighted by molar-refractivity contribution is 6.43. The number of carbonyl (C=O) groups excluding carboxylic acids is 2.